The fraction of sp³-hybridized carbons (Fsp3) is 0.333. The summed E-state index contributed by atoms with van der Waals surface area (Å²) in [6.07, 6.45) is 0.748. The molecule has 82 valence electrons. The summed E-state index contributed by atoms with van der Waals surface area (Å²) >= 11 is 5.87. The van der Waals surface area contributed by atoms with E-state index in [1.807, 2.05) is 19.1 Å². The molecule has 2 nitrogen and oxygen atoms in total. The van der Waals surface area contributed by atoms with E-state index in [1.165, 1.54) is 0 Å². The first-order valence-corrected chi connectivity index (χ1v) is 5.15. The summed E-state index contributed by atoms with van der Waals surface area (Å²) < 4.78 is 5.23. The van der Waals surface area contributed by atoms with Crippen LogP contribution < -0.4 is 10.5 Å². The van der Waals surface area contributed by atoms with Gasteiger partial charge in [0.25, 0.3) is 0 Å². The first-order valence-electron chi connectivity index (χ1n) is 4.78. The predicted octanol–water partition coefficient (Wildman–Crippen LogP) is 3.31. The van der Waals surface area contributed by atoms with Crippen molar-refractivity contribution in [3.63, 3.8) is 0 Å². The van der Waals surface area contributed by atoms with Crippen LogP contribution in [-0.4, -0.2) is 7.11 Å². The molecule has 0 aliphatic carbocycles. The third-order valence-electron chi connectivity index (χ3n) is 2.16. The van der Waals surface area contributed by atoms with E-state index in [0.29, 0.717) is 5.02 Å². The third kappa shape index (κ3) is 3.26. The largest absolute Gasteiger partial charge is 0.496 e. The van der Waals surface area contributed by atoms with Crippen LogP contribution in [0.2, 0.25) is 5.02 Å². The Balaban J connectivity index is 2.97. The highest BCUT2D eigenvalue weighted by atomic mass is 35.5. The van der Waals surface area contributed by atoms with Gasteiger partial charge in [0, 0.05) is 16.6 Å². The van der Waals surface area contributed by atoms with Gasteiger partial charge in [0.1, 0.15) is 5.75 Å². The van der Waals surface area contributed by atoms with Crippen molar-refractivity contribution in [3.05, 3.63) is 40.9 Å². The van der Waals surface area contributed by atoms with Gasteiger partial charge in [0.2, 0.25) is 0 Å². The Morgan fingerprint density at radius 1 is 1.60 bits per heavy atom. The molecule has 1 atom stereocenters. The van der Waals surface area contributed by atoms with Gasteiger partial charge < -0.3 is 10.5 Å². The Morgan fingerprint density at radius 3 is 2.80 bits per heavy atom. The predicted molar refractivity (Wildman–Crippen MR) is 64.4 cm³/mol. The van der Waals surface area contributed by atoms with Crippen molar-refractivity contribution in [2.24, 2.45) is 5.73 Å². The second-order valence-electron chi connectivity index (χ2n) is 3.65. The van der Waals surface area contributed by atoms with E-state index in [1.54, 1.807) is 13.2 Å². The van der Waals surface area contributed by atoms with Crippen LogP contribution in [0.3, 0.4) is 0 Å². The molecule has 3 heteroatoms. The fourth-order valence-electron chi connectivity index (χ4n) is 1.48. The van der Waals surface area contributed by atoms with Crippen LogP contribution in [0.15, 0.2) is 30.4 Å². The first kappa shape index (κ1) is 12.1. The Kier molecular flexibility index (Phi) is 4.18. The summed E-state index contributed by atoms with van der Waals surface area (Å²) in [7, 11) is 1.61. The molecule has 0 spiro atoms. The van der Waals surface area contributed by atoms with Crippen molar-refractivity contribution in [2.45, 2.75) is 19.4 Å². The molecule has 1 aromatic rings. The quantitative estimate of drug-likeness (QED) is 0.798. The maximum atomic E-state index is 6.04. The maximum absolute atomic E-state index is 6.04. The average molecular weight is 226 g/mol. The Bertz CT molecular complexity index is 363. The van der Waals surface area contributed by atoms with Crippen LogP contribution in [0.5, 0.6) is 5.75 Å². The lowest BCUT2D eigenvalue weighted by molar-refractivity contribution is 0.405. The van der Waals surface area contributed by atoms with Crippen molar-refractivity contribution in [3.8, 4) is 5.75 Å². The average Bonchev–Trinajstić information content (AvgIpc) is 2.16. The minimum absolute atomic E-state index is 0.0882. The number of nitrogens with two attached hydrogens (primary N) is 1. The topological polar surface area (TPSA) is 35.2 Å². The number of hydrogen-bond donors (Lipinski definition) is 1. The first-order chi connectivity index (χ1) is 7.04. The molecule has 0 amide bonds. The van der Waals surface area contributed by atoms with Gasteiger partial charge in [-0.05, 0) is 25.5 Å². The number of benzene rings is 1. The van der Waals surface area contributed by atoms with Gasteiger partial charge in [-0.1, -0.05) is 23.2 Å². The molecule has 1 aromatic carbocycles. The zero-order valence-electron chi connectivity index (χ0n) is 9.09. The minimum Gasteiger partial charge on any atom is -0.496 e. The number of hydrogen-bond acceptors (Lipinski definition) is 2. The van der Waals surface area contributed by atoms with Crippen molar-refractivity contribution < 1.29 is 4.74 Å². The molecule has 1 rings (SSSR count). The lowest BCUT2D eigenvalue weighted by Gasteiger charge is -2.15. The Morgan fingerprint density at radius 2 is 2.27 bits per heavy atom. The van der Waals surface area contributed by atoms with Gasteiger partial charge in [-0.15, -0.1) is 6.58 Å². The molecule has 0 aromatic heterocycles. The zero-order chi connectivity index (χ0) is 11.4. The van der Waals surface area contributed by atoms with E-state index >= 15 is 0 Å². The molecule has 2 N–H and O–H groups in total. The lowest BCUT2D eigenvalue weighted by Crippen LogP contribution is -2.11. The lowest BCUT2D eigenvalue weighted by atomic mass is 10.0. The molecule has 0 aliphatic rings. The molecular weight excluding hydrogens is 210 g/mol. The summed E-state index contributed by atoms with van der Waals surface area (Å²) in [6.45, 7) is 5.81. The number of methoxy groups -OCH3 is 1. The maximum Gasteiger partial charge on any atom is 0.125 e. The van der Waals surface area contributed by atoms with E-state index in [4.69, 9.17) is 22.1 Å². The highest BCUT2D eigenvalue weighted by Gasteiger charge is 2.12. The van der Waals surface area contributed by atoms with Crippen molar-refractivity contribution in [1.29, 1.82) is 0 Å². The van der Waals surface area contributed by atoms with E-state index in [2.05, 4.69) is 6.58 Å². The summed E-state index contributed by atoms with van der Waals surface area (Å²) in [5.41, 5.74) is 8.06. The van der Waals surface area contributed by atoms with E-state index in [9.17, 15) is 0 Å². The smallest absolute Gasteiger partial charge is 0.125 e. The zero-order valence-corrected chi connectivity index (χ0v) is 9.84. The minimum atomic E-state index is -0.0882. The molecule has 0 radical (unpaired) electrons. The number of rotatable bonds is 4. The van der Waals surface area contributed by atoms with Crippen LogP contribution >= 0.6 is 11.6 Å². The van der Waals surface area contributed by atoms with Crippen molar-refractivity contribution in [1.82, 2.24) is 0 Å². The number of halogens is 1. The number of ether oxygens (including phenoxy) is 1. The second-order valence-corrected chi connectivity index (χ2v) is 4.09. The van der Waals surface area contributed by atoms with Crippen molar-refractivity contribution >= 4 is 11.6 Å². The van der Waals surface area contributed by atoms with Crippen LogP contribution in [0.4, 0.5) is 0 Å². The van der Waals surface area contributed by atoms with Gasteiger partial charge in [-0.3, -0.25) is 0 Å². The molecule has 0 fully saturated rings. The molecule has 0 aliphatic heterocycles. The highest BCUT2D eigenvalue weighted by molar-refractivity contribution is 6.30. The molecule has 0 heterocycles. The van der Waals surface area contributed by atoms with Crippen LogP contribution in [0.1, 0.15) is 24.9 Å². The Labute approximate surface area is 95.7 Å². The van der Waals surface area contributed by atoms with Gasteiger partial charge in [-0.2, -0.15) is 0 Å². The molecule has 0 bridgehead atoms. The monoisotopic (exact) mass is 225 g/mol. The Hall–Kier alpha value is -0.990. The summed E-state index contributed by atoms with van der Waals surface area (Å²) in [5.74, 6) is 0.733. The molecule has 0 saturated carbocycles. The highest BCUT2D eigenvalue weighted by Crippen LogP contribution is 2.29. The molecule has 1 unspecified atom stereocenters. The van der Waals surface area contributed by atoms with Crippen molar-refractivity contribution in [2.75, 3.05) is 7.11 Å². The van der Waals surface area contributed by atoms with E-state index in [0.717, 1.165) is 23.3 Å². The van der Waals surface area contributed by atoms with Gasteiger partial charge in [-0.25, -0.2) is 0 Å². The summed E-state index contributed by atoms with van der Waals surface area (Å²) in [6, 6.07) is 5.40. The fourth-order valence-corrected chi connectivity index (χ4v) is 1.64. The standard InChI is InChI=1S/C12H16ClNO/c1-8(2)6-11(14)10-5-4-9(13)7-12(10)15-3/h4-5,7,11H,1,6,14H2,2-3H3. The second kappa shape index (κ2) is 5.19. The van der Waals surface area contributed by atoms with Crippen LogP contribution in [0.25, 0.3) is 0 Å². The van der Waals surface area contributed by atoms with Gasteiger partial charge in [0.05, 0.1) is 7.11 Å². The third-order valence-corrected chi connectivity index (χ3v) is 2.40. The van der Waals surface area contributed by atoms with E-state index in [-0.39, 0.29) is 6.04 Å². The van der Waals surface area contributed by atoms with Crippen LogP contribution in [-0.2, 0) is 0 Å². The summed E-state index contributed by atoms with van der Waals surface area (Å²) in [5, 5.41) is 0.651. The molecular formula is C12H16ClNO. The normalized spacial score (nSPS) is 12.3. The van der Waals surface area contributed by atoms with Crippen LogP contribution in [0, 0.1) is 0 Å². The van der Waals surface area contributed by atoms with E-state index < -0.39 is 0 Å². The van der Waals surface area contributed by atoms with Gasteiger partial charge in [0.15, 0.2) is 0 Å². The molecule has 15 heavy (non-hydrogen) atoms. The summed E-state index contributed by atoms with van der Waals surface area (Å²) in [4.78, 5) is 0. The van der Waals surface area contributed by atoms with Gasteiger partial charge >= 0.3 is 0 Å². The molecule has 0 saturated heterocycles. The SMILES string of the molecule is C=C(C)CC(N)c1ccc(Cl)cc1OC.